The SMILES string of the molecule is [B]C([B])(c1cccc(C(=O)N2CCCC2)n1)N1CC(n2ncc3c2C(CC(C)C)N(C)c2c(Nc4cc(NC(=O)C5CC5)nnc4C(=O)NC4CC4)cccc2-3)C1. The van der Waals surface area contributed by atoms with Crippen LogP contribution in [-0.4, -0.2) is 107 Å². The van der Waals surface area contributed by atoms with Gasteiger partial charge in [0.25, 0.3) is 11.8 Å². The number of benzene rings is 1. The van der Waals surface area contributed by atoms with Crippen LogP contribution >= 0.6 is 0 Å². The second kappa shape index (κ2) is 14.6. The van der Waals surface area contributed by atoms with Gasteiger partial charge in [-0.25, -0.2) is 4.98 Å². The number of rotatable bonds is 12. The van der Waals surface area contributed by atoms with Gasteiger partial charge in [0.2, 0.25) is 5.91 Å². The first-order chi connectivity index (χ1) is 27.5. The molecule has 1 aromatic carbocycles. The molecule has 4 radical (unpaired) electrons. The monoisotopic (exact) mass is 763 g/mol. The fourth-order valence-corrected chi connectivity index (χ4v) is 8.35. The van der Waals surface area contributed by atoms with E-state index in [9.17, 15) is 14.4 Å². The molecule has 6 heterocycles. The van der Waals surface area contributed by atoms with Gasteiger partial charge in [0.05, 0.1) is 56.7 Å². The van der Waals surface area contributed by atoms with Crippen LogP contribution in [0.15, 0.2) is 48.7 Å². The van der Waals surface area contributed by atoms with Crippen LogP contribution in [0, 0.1) is 11.8 Å². The molecule has 2 saturated heterocycles. The summed E-state index contributed by atoms with van der Waals surface area (Å²) in [6.45, 7) is 7.03. The predicted octanol–water partition coefficient (Wildman–Crippen LogP) is 4.50. The average Bonchev–Trinajstić information content (AvgIpc) is 4.09. The van der Waals surface area contributed by atoms with Crippen molar-refractivity contribution in [1.29, 1.82) is 0 Å². The number of hydrogen-bond acceptors (Lipinski definition) is 10. The predicted molar refractivity (Wildman–Crippen MR) is 219 cm³/mol. The zero-order chi connectivity index (χ0) is 39.6. The summed E-state index contributed by atoms with van der Waals surface area (Å²) in [7, 11) is 15.7. The molecular weight excluding hydrogens is 716 g/mol. The summed E-state index contributed by atoms with van der Waals surface area (Å²) in [4.78, 5) is 50.0. The fourth-order valence-electron chi connectivity index (χ4n) is 8.35. The molecule has 0 bridgehead atoms. The highest BCUT2D eigenvalue weighted by atomic mass is 16.2. The first-order valence-electron chi connectivity index (χ1n) is 20.3. The highest BCUT2D eigenvalue weighted by molar-refractivity contribution is 6.39. The lowest BCUT2D eigenvalue weighted by Gasteiger charge is -2.51. The van der Waals surface area contributed by atoms with E-state index in [2.05, 4.69) is 67.7 Å². The minimum Gasteiger partial charge on any atom is -0.364 e. The van der Waals surface area contributed by atoms with Crippen LogP contribution in [0.3, 0.4) is 0 Å². The Morgan fingerprint density at radius 1 is 0.947 bits per heavy atom. The summed E-state index contributed by atoms with van der Waals surface area (Å²) in [5, 5.41) is 21.6. The molecule has 3 aromatic heterocycles. The maximum Gasteiger partial charge on any atom is 0.274 e. The van der Waals surface area contributed by atoms with Crippen molar-refractivity contribution in [3.8, 4) is 11.1 Å². The van der Waals surface area contributed by atoms with Crippen LogP contribution in [-0.2, 0) is 10.1 Å². The second-order valence-corrected chi connectivity index (χ2v) is 16.8. The topological polar surface area (TPSA) is 154 Å². The lowest BCUT2D eigenvalue weighted by atomic mass is 9.57. The standard InChI is InChI=1S/C41H47B2N11O3/c1-23(2)18-32-37-28(20-44-54(37)26-21-53(22-26)41(42,43)33-11-7-10-30(47-33)40(57)52-16-4-5-17-52)27-8-6-9-29(36(27)51(32)3)46-31-19-34(48-38(55)24-12-13-24)49-50-35(31)39(56)45-25-14-15-25/h6-11,19-20,23-26,32H,4-5,12-18,21-22H2,1-3H3,(H,45,56)(H2,46,48,49,55). The number of hydrogen-bond donors (Lipinski definition) is 3. The van der Waals surface area contributed by atoms with Gasteiger partial charge in [0.15, 0.2) is 11.5 Å². The van der Waals surface area contributed by atoms with E-state index in [4.69, 9.17) is 20.8 Å². The molecular formula is C41H47B2N11O3. The van der Waals surface area contributed by atoms with Crippen LogP contribution in [0.4, 0.5) is 22.9 Å². The third-order valence-electron chi connectivity index (χ3n) is 11.9. The first-order valence-corrected chi connectivity index (χ1v) is 20.3. The summed E-state index contributed by atoms with van der Waals surface area (Å²) >= 11 is 0. The molecule has 9 rings (SSSR count). The van der Waals surface area contributed by atoms with Crippen molar-refractivity contribution >= 4 is 56.3 Å². The average molecular weight is 764 g/mol. The van der Waals surface area contributed by atoms with Crippen molar-refractivity contribution in [2.24, 2.45) is 11.8 Å². The van der Waals surface area contributed by atoms with E-state index in [1.165, 1.54) is 0 Å². The Morgan fingerprint density at radius 2 is 1.70 bits per heavy atom. The lowest BCUT2D eigenvalue weighted by Crippen LogP contribution is -2.60. The smallest absolute Gasteiger partial charge is 0.274 e. The molecule has 5 aliphatic rings. The maximum absolute atomic E-state index is 13.4. The molecule has 2 aliphatic carbocycles. The van der Waals surface area contributed by atoms with E-state index in [1.807, 2.05) is 28.1 Å². The number of likely N-dealkylation sites (tertiary alicyclic amines) is 2. The number of pyridine rings is 1. The van der Waals surface area contributed by atoms with Crippen LogP contribution in [0.25, 0.3) is 11.1 Å². The van der Waals surface area contributed by atoms with Gasteiger partial charge in [-0.05, 0) is 74.4 Å². The number of para-hydroxylation sites is 1. The molecule has 16 heteroatoms. The number of nitrogens with one attached hydrogen (secondary N) is 3. The van der Waals surface area contributed by atoms with Crippen molar-refractivity contribution < 1.29 is 14.4 Å². The van der Waals surface area contributed by atoms with E-state index in [0.29, 0.717) is 41.9 Å². The molecule has 290 valence electrons. The minimum absolute atomic E-state index is 0.00877. The number of anilines is 4. The van der Waals surface area contributed by atoms with Gasteiger partial charge in [-0.3, -0.25) is 19.1 Å². The van der Waals surface area contributed by atoms with Crippen molar-refractivity contribution in [3.05, 3.63) is 71.4 Å². The lowest BCUT2D eigenvalue weighted by molar-refractivity contribution is -0.117. The molecule has 1 atom stereocenters. The summed E-state index contributed by atoms with van der Waals surface area (Å²) in [6, 6.07) is 13.2. The van der Waals surface area contributed by atoms with Gasteiger partial charge in [-0.2, -0.15) is 5.10 Å². The first kappa shape index (κ1) is 37.3. The molecule has 2 saturated carbocycles. The molecule has 4 aromatic rings. The molecule has 3 amide bonds. The quantitative estimate of drug-likeness (QED) is 0.176. The van der Waals surface area contributed by atoms with Crippen LogP contribution in [0.1, 0.15) is 103 Å². The Hall–Kier alpha value is -5.24. The molecule has 4 fully saturated rings. The normalized spacial score (nSPS) is 19.5. The molecule has 0 spiro atoms. The van der Waals surface area contributed by atoms with Gasteiger partial charge in [0, 0.05) is 68.1 Å². The highest BCUT2D eigenvalue weighted by Gasteiger charge is 2.43. The van der Waals surface area contributed by atoms with Gasteiger partial charge < -0.3 is 30.7 Å². The second-order valence-electron chi connectivity index (χ2n) is 16.8. The minimum atomic E-state index is -1.37. The Bertz CT molecular complexity index is 2220. The Balaban J connectivity index is 1.00. The van der Waals surface area contributed by atoms with Crippen LogP contribution < -0.4 is 20.9 Å². The Labute approximate surface area is 335 Å². The van der Waals surface area contributed by atoms with E-state index in [0.717, 1.165) is 86.2 Å². The third kappa shape index (κ3) is 7.17. The van der Waals surface area contributed by atoms with Gasteiger partial charge >= 0.3 is 0 Å². The van der Waals surface area contributed by atoms with Gasteiger partial charge in [-0.15, -0.1) is 10.2 Å². The molecule has 14 nitrogen and oxygen atoms in total. The number of aromatic nitrogens is 5. The van der Waals surface area contributed by atoms with Gasteiger partial charge in [0.1, 0.15) is 5.69 Å². The van der Waals surface area contributed by atoms with Crippen LogP contribution in [0.2, 0.25) is 0 Å². The number of nitrogens with zero attached hydrogens (tertiary/aromatic N) is 8. The molecule has 57 heavy (non-hydrogen) atoms. The highest BCUT2D eigenvalue weighted by Crippen LogP contribution is 2.51. The third-order valence-corrected chi connectivity index (χ3v) is 11.9. The maximum atomic E-state index is 13.4. The summed E-state index contributed by atoms with van der Waals surface area (Å²) in [5.41, 5.74) is 6.36. The van der Waals surface area contributed by atoms with E-state index < -0.39 is 5.34 Å². The largest absolute Gasteiger partial charge is 0.364 e. The number of carbonyl (C=O) groups excluding carboxylic acids is 3. The number of amides is 3. The van der Waals surface area contributed by atoms with E-state index in [-0.39, 0.29) is 47.5 Å². The van der Waals surface area contributed by atoms with Crippen molar-refractivity contribution in [2.45, 2.75) is 82.3 Å². The van der Waals surface area contributed by atoms with Crippen molar-refractivity contribution in [3.63, 3.8) is 0 Å². The van der Waals surface area contributed by atoms with E-state index >= 15 is 0 Å². The molecule has 1 unspecified atom stereocenters. The number of carbonyl (C=O) groups is 3. The molecule has 3 aliphatic heterocycles. The van der Waals surface area contributed by atoms with Crippen molar-refractivity contribution in [2.75, 3.05) is 48.8 Å². The summed E-state index contributed by atoms with van der Waals surface area (Å²) < 4.78 is 2.14. The fraction of sp³-hybridized carbons (Fsp3) is 0.488. The van der Waals surface area contributed by atoms with Crippen LogP contribution in [0.5, 0.6) is 0 Å². The number of fused-ring (bicyclic) bond motifs is 3. The van der Waals surface area contributed by atoms with Crippen molar-refractivity contribution in [1.82, 2.24) is 40.1 Å². The summed E-state index contributed by atoms with van der Waals surface area (Å²) in [6.07, 6.45) is 8.40. The molecule has 3 N–H and O–H groups in total. The Morgan fingerprint density at radius 3 is 2.42 bits per heavy atom. The Kier molecular flexibility index (Phi) is 9.57. The zero-order valence-corrected chi connectivity index (χ0v) is 32.7. The summed E-state index contributed by atoms with van der Waals surface area (Å²) in [5.74, 6) is 0.175. The zero-order valence-electron chi connectivity index (χ0n) is 32.7. The van der Waals surface area contributed by atoms with E-state index in [1.54, 1.807) is 24.3 Å². The van der Waals surface area contributed by atoms with Gasteiger partial charge in [-0.1, -0.05) is 32.0 Å².